The molecule has 116 valence electrons. The Morgan fingerprint density at radius 3 is 2.82 bits per heavy atom. The quantitative estimate of drug-likeness (QED) is 0.941. The molecule has 0 saturated heterocycles. The van der Waals surface area contributed by atoms with Crippen molar-refractivity contribution in [2.24, 2.45) is 0 Å². The van der Waals surface area contributed by atoms with Crippen molar-refractivity contribution in [1.82, 2.24) is 4.72 Å². The molecule has 1 heterocycles. The molecule has 0 aliphatic carbocycles. The van der Waals surface area contributed by atoms with Crippen molar-refractivity contribution < 1.29 is 17.5 Å². The fourth-order valence-electron chi connectivity index (χ4n) is 2.40. The molecule has 0 aromatic heterocycles. The van der Waals surface area contributed by atoms with Crippen LogP contribution in [0.15, 0.2) is 41.3 Å². The molecule has 0 fully saturated rings. The summed E-state index contributed by atoms with van der Waals surface area (Å²) in [6.07, 6.45) is 0.840. The summed E-state index contributed by atoms with van der Waals surface area (Å²) >= 11 is 0. The molecule has 0 spiro atoms. The number of aryl methyl sites for hydroxylation is 1. The third-order valence-corrected chi connectivity index (χ3v) is 5.06. The predicted octanol–water partition coefficient (Wildman–Crippen LogP) is 2.55. The monoisotopic (exact) mass is 321 g/mol. The molecule has 2 aromatic carbocycles. The van der Waals surface area contributed by atoms with Crippen molar-refractivity contribution in [1.29, 1.82) is 0 Å². The second-order valence-corrected chi connectivity index (χ2v) is 7.04. The summed E-state index contributed by atoms with van der Waals surface area (Å²) in [5, 5.41) is 0. The van der Waals surface area contributed by atoms with Gasteiger partial charge in [0.25, 0.3) is 0 Å². The number of hydrogen-bond donors (Lipinski definition) is 1. The van der Waals surface area contributed by atoms with Gasteiger partial charge in [0, 0.05) is 13.0 Å². The molecule has 0 saturated carbocycles. The maximum Gasteiger partial charge on any atom is 0.240 e. The first-order valence-electron chi connectivity index (χ1n) is 6.96. The topological polar surface area (TPSA) is 55.4 Å². The zero-order chi connectivity index (χ0) is 15.7. The highest BCUT2D eigenvalue weighted by Crippen LogP contribution is 2.26. The molecule has 0 unspecified atom stereocenters. The van der Waals surface area contributed by atoms with E-state index in [9.17, 15) is 12.8 Å². The van der Waals surface area contributed by atoms with Crippen LogP contribution >= 0.6 is 0 Å². The number of hydrogen-bond acceptors (Lipinski definition) is 3. The van der Waals surface area contributed by atoms with Gasteiger partial charge in [-0.15, -0.1) is 0 Å². The summed E-state index contributed by atoms with van der Waals surface area (Å²) in [6.45, 7) is 2.39. The molecule has 0 radical (unpaired) electrons. The minimum Gasteiger partial charge on any atom is -0.493 e. The first-order chi connectivity index (χ1) is 10.5. The Hall–Kier alpha value is -1.92. The van der Waals surface area contributed by atoms with Crippen molar-refractivity contribution in [3.8, 4) is 5.75 Å². The van der Waals surface area contributed by atoms with Crippen LogP contribution in [0.2, 0.25) is 0 Å². The summed E-state index contributed by atoms with van der Waals surface area (Å²) in [5.41, 5.74) is 2.26. The van der Waals surface area contributed by atoms with Crippen molar-refractivity contribution in [3.05, 3.63) is 58.9 Å². The van der Waals surface area contributed by atoms with E-state index >= 15 is 0 Å². The van der Waals surface area contributed by atoms with Crippen LogP contribution in [0.4, 0.5) is 4.39 Å². The van der Waals surface area contributed by atoms with Crippen LogP contribution in [0, 0.1) is 12.7 Å². The maximum atomic E-state index is 13.2. The lowest BCUT2D eigenvalue weighted by molar-refractivity contribution is 0.357. The number of rotatable bonds is 4. The van der Waals surface area contributed by atoms with Gasteiger partial charge in [-0.25, -0.2) is 17.5 Å². The van der Waals surface area contributed by atoms with Gasteiger partial charge in [-0.1, -0.05) is 12.1 Å². The van der Waals surface area contributed by atoms with E-state index in [0.717, 1.165) is 29.4 Å². The van der Waals surface area contributed by atoms with Gasteiger partial charge in [-0.05, 0) is 47.9 Å². The summed E-state index contributed by atoms with van der Waals surface area (Å²) in [6, 6.07) is 9.39. The summed E-state index contributed by atoms with van der Waals surface area (Å²) in [7, 11) is -3.66. The van der Waals surface area contributed by atoms with Crippen LogP contribution < -0.4 is 9.46 Å². The number of halogens is 1. The van der Waals surface area contributed by atoms with Gasteiger partial charge in [0.2, 0.25) is 10.0 Å². The van der Waals surface area contributed by atoms with Gasteiger partial charge in [0.15, 0.2) is 0 Å². The number of fused-ring (bicyclic) bond motifs is 1. The minimum absolute atomic E-state index is 0.0656. The van der Waals surface area contributed by atoms with E-state index in [0.29, 0.717) is 12.2 Å². The summed E-state index contributed by atoms with van der Waals surface area (Å²) in [5.74, 6) is 0.443. The van der Waals surface area contributed by atoms with Gasteiger partial charge in [0.1, 0.15) is 11.6 Å². The normalized spacial score (nSPS) is 13.7. The average molecular weight is 321 g/mol. The van der Waals surface area contributed by atoms with E-state index in [1.165, 1.54) is 19.1 Å². The molecule has 0 amide bonds. The van der Waals surface area contributed by atoms with Crippen LogP contribution in [0.1, 0.15) is 16.7 Å². The smallest absolute Gasteiger partial charge is 0.240 e. The minimum atomic E-state index is -3.66. The molecule has 1 aliphatic heterocycles. The SMILES string of the molecule is Cc1cc(S(=O)(=O)NCc2ccc3c(c2)CCO3)ccc1F. The largest absolute Gasteiger partial charge is 0.493 e. The lowest BCUT2D eigenvalue weighted by Crippen LogP contribution is -2.23. The zero-order valence-electron chi connectivity index (χ0n) is 12.1. The maximum absolute atomic E-state index is 13.2. The van der Waals surface area contributed by atoms with Crippen molar-refractivity contribution in [3.63, 3.8) is 0 Å². The average Bonchev–Trinajstić information content (AvgIpc) is 2.95. The van der Waals surface area contributed by atoms with Crippen molar-refractivity contribution in [2.45, 2.75) is 24.8 Å². The van der Waals surface area contributed by atoms with E-state index < -0.39 is 15.8 Å². The van der Waals surface area contributed by atoms with Crippen LogP contribution in [0.3, 0.4) is 0 Å². The second kappa shape index (κ2) is 5.70. The van der Waals surface area contributed by atoms with E-state index in [4.69, 9.17) is 4.74 Å². The zero-order valence-corrected chi connectivity index (χ0v) is 12.9. The van der Waals surface area contributed by atoms with Crippen LogP contribution in [-0.4, -0.2) is 15.0 Å². The van der Waals surface area contributed by atoms with Crippen molar-refractivity contribution in [2.75, 3.05) is 6.61 Å². The Balaban J connectivity index is 1.76. The third kappa shape index (κ3) is 2.98. The fourth-order valence-corrected chi connectivity index (χ4v) is 3.50. The molecule has 6 heteroatoms. The number of sulfonamides is 1. The standard InChI is InChI=1S/C16H16FNO3S/c1-11-8-14(3-4-15(11)17)22(19,20)18-10-12-2-5-16-13(9-12)6-7-21-16/h2-5,8-9,18H,6-7,10H2,1H3. The lowest BCUT2D eigenvalue weighted by Gasteiger charge is -2.09. The Morgan fingerprint density at radius 2 is 2.05 bits per heavy atom. The molecule has 0 atom stereocenters. The van der Waals surface area contributed by atoms with Crippen LogP contribution in [-0.2, 0) is 23.0 Å². The first kappa shape index (κ1) is 15.0. The molecule has 0 bridgehead atoms. The van der Waals surface area contributed by atoms with Gasteiger partial charge in [0.05, 0.1) is 11.5 Å². The third-order valence-electron chi connectivity index (χ3n) is 3.66. The molecule has 3 rings (SSSR count). The molecule has 22 heavy (non-hydrogen) atoms. The highest BCUT2D eigenvalue weighted by atomic mass is 32.2. The predicted molar refractivity (Wildman–Crippen MR) is 80.8 cm³/mol. The summed E-state index contributed by atoms with van der Waals surface area (Å²) < 4.78 is 45.7. The van der Waals surface area contributed by atoms with Gasteiger partial charge >= 0.3 is 0 Å². The Morgan fingerprint density at radius 1 is 1.23 bits per heavy atom. The highest BCUT2D eigenvalue weighted by Gasteiger charge is 2.16. The van der Waals surface area contributed by atoms with Gasteiger partial charge < -0.3 is 4.74 Å². The molecular formula is C16H16FNO3S. The summed E-state index contributed by atoms with van der Waals surface area (Å²) in [4.78, 5) is 0.0656. The van der Waals surface area contributed by atoms with Crippen molar-refractivity contribution >= 4 is 10.0 Å². The van der Waals surface area contributed by atoms with Gasteiger partial charge in [-0.2, -0.15) is 0 Å². The van der Waals surface area contributed by atoms with Crippen LogP contribution in [0.5, 0.6) is 5.75 Å². The fraction of sp³-hybridized carbons (Fsp3) is 0.250. The number of benzene rings is 2. The van der Waals surface area contributed by atoms with E-state index in [1.54, 1.807) is 0 Å². The molecular weight excluding hydrogens is 305 g/mol. The Bertz CT molecular complexity index is 818. The van der Waals surface area contributed by atoms with Crippen LogP contribution in [0.25, 0.3) is 0 Å². The van der Waals surface area contributed by atoms with Gasteiger partial charge in [-0.3, -0.25) is 0 Å². The highest BCUT2D eigenvalue weighted by molar-refractivity contribution is 7.89. The van der Waals surface area contributed by atoms with E-state index in [-0.39, 0.29) is 11.4 Å². The molecule has 1 aliphatic rings. The molecule has 4 nitrogen and oxygen atoms in total. The molecule has 1 N–H and O–H groups in total. The lowest BCUT2D eigenvalue weighted by atomic mass is 10.1. The number of ether oxygens (including phenoxy) is 1. The Kier molecular flexibility index (Phi) is 3.88. The van der Waals surface area contributed by atoms with E-state index in [1.807, 2.05) is 18.2 Å². The Labute approximate surface area is 129 Å². The van der Waals surface area contributed by atoms with E-state index in [2.05, 4.69) is 4.72 Å². The second-order valence-electron chi connectivity index (χ2n) is 5.28. The molecule has 2 aromatic rings. The first-order valence-corrected chi connectivity index (χ1v) is 8.44. The number of nitrogens with one attached hydrogen (secondary N) is 1.